The average molecular weight is 237 g/mol. The van der Waals surface area contributed by atoms with Gasteiger partial charge in [-0.2, -0.15) is 0 Å². The number of carboxylic acid groups (broad SMARTS) is 1. The van der Waals surface area contributed by atoms with Crippen molar-refractivity contribution in [1.82, 2.24) is 0 Å². The molecule has 0 saturated heterocycles. The average Bonchev–Trinajstić information content (AvgIpc) is 1.63. The normalized spacial score (nSPS) is 8.10. The van der Waals surface area contributed by atoms with E-state index in [1.54, 1.807) is 0 Å². The van der Waals surface area contributed by atoms with Gasteiger partial charge in [0.15, 0.2) is 0 Å². The Morgan fingerprint density at radius 3 is 2.20 bits per heavy atom. The number of carbonyl (C=O) groups is 2. The molecular weight excluding hydrogens is 226 g/mol. The number of ketones is 1. The maximum absolute atomic E-state index is 10.5. The topological polar surface area (TPSA) is 54.4 Å². The zero-order valence-corrected chi connectivity index (χ0v) is 7.26. The van der Waals surface area contributed by atoms with E-state index in [9.17, 15) is 9.59 Å². The molecule has 0 radical (unpaired) electrons. The van der Waals surface area contributed by atoms with Gasteiger partial charge in [0, 0.05) is 26.8 Å². The number of Topliss-reactive ketones (excluding diaryl/α,β-unsaturated/α-hetero) is 1. The van der Waals surface area contributed by atoms with Gasteiger partial charge in [0.25, 0.3) is 0 Å². The molecule has 0 bridgehead atoms. The van der Waals surface area contributed by atoms with E-state index < -0.39 is 5.97 Å². The summed E-state index contributed by atoms with van der Waals surface area (Å²) in [6, 6.07) is 0. The third-order valence-electron chi connectivity index (χ3n) is 0.877. The van der Waals surface area contributed by atoms with Crippen molar-refractivity contribution in [3.05, 3.63) is 0 Å². The van der Waals surface area contributed by atoms with Crippen LogP contribution in [0, 0.1) is 0 Å². The molecule has 0 aromatic heterocycles. The van der Waals surface area contributed by atoms with Crippen LogP contribution in [-0.4, -0.2) is 16.9 Å². The SMILES string of the molecule is CCCC(=O)CC(=O)O.[Pd]. The molecule has 0 fully saturated rings. The predicted octanol–water partition coefficient (Wildman–Crippen LogP) is 0.828. The molecule has 0 atom stereocenters. The Hall–Kier alpha value is -0.198. The Kier molecular flexibility index (Phi) is 8.63. The first-order valence-corrected chi connectivity index (χ1v) is 2.90. The van der Waals surface area contributed by atoms with E-state index >= 15 is 0 Å². The van der Waals surface area contributed by atoms with Crippen molar-refractivity contribution in [2.24, 2.45) is 0 Å². The van der Waals surface area contributed by atoms with Crippen LogP contribution in [0.2, 0.25) is 0 Å². The summed E-state index contributed by atoms with van der Waals surface area (Å²) in [6.07, 6.45) is 0.784. The van der Waals surface area contributed by atoms with E-state index in [0.717, 1.165) is 6.42 Å². The van der Waals surface area contributed by atoms with Crippen LogP contribution in [-0.2, 0) is 30.0 Å². The van der Waals surface area contributed by atoms with Crippen molar-refractivity contribution < 1.29 is 35.1 Å². The minimum Gasteiger partial charge on any atom is -0.481 e. The number of rotatable bonds is 4. The summed E-state index contributed by atoms with van der Waals surface area (Å²) in [5.41, 5.74) is 0. The van der Waals surface area contributed by atoms with Crippen molar-refractivity contribution >= 4 is 11.8 Å². The Morgan fingerprint density at radius 1 is 1.40 bits per heavy atom. The number of carbonyl (C=O) groups excluding carboxylic acids is 1. The fourth-order valence-corrected chi connectivity index (χ4v) is 0.536. The zero-order valence-electron chi connectivity index (χ0n) is 5.70. The minimum atomic E-state index is -1.03. The standard InChI is InChI=1S/C6H10O3.Pd/c1-2-3-5(7)4-6(8)9;/h2-4H2,1H3,(H,8,9);. The van der Waals surface area contributed by atoms with Crippen molar-refractivity contribution in [2.45, 2.75) is 26.2 Å². The molecular formula is C6H10O3Pd. The van der Waals surface area contributed by atoms with Crippen molar-refractivity contribution in [3.63, 3.8) is 0 Å². The predicted molar refractivity (Wildman–Crippen MR) is 32.2 cm³/mol. The van der Waals surface area contributed by atoms with E-state index in [4.69, 9.17) is 5.11 Å². The Bertz CT molecular complexity index is 122. The van der Waals surface area contributed by atoms with Crippen LogP contribution in [0.3, 0.4) is 0 Å². The van der Waals surface area contributed by atoms with Crippen LogP contribution < -0.4 is 0 Å². The van der Waals surface area contributed by atoms with Gasteiger partial charge in [0.05, 0.1) is 0 Å². The first-order chi connectivity index (χ1) is 4.16. The molecule has 0 aliphatic carbocycles. The second-order valence-electron chi connectivity index (χ2n) is 1.86. The van der Waals surface area contributed by atoms with Gasteiger partial charge in [-0.3, -0.25) is 9.59 Å². The van der Waals surface area contributed by atoms with Crippen LogP contribution >= 0.6 is 0 Å². The first-order valence-electron chi connectivity index (χ1n) is 2.90. The molecule has 62 valence electrons. The van der Waals surface area contributed by atoms with Crippen LogP contribution in [0.15, 0.2) is 0 Å². The third-order valence-corrected chi connectivity index (χ3v) is 0.877. The van der Waals surface area contributed by atoms with E-state index in [1.807, 2.05) is 6.92 Å². The molecule has 4 heteroatoms. The van der Waals surface area contributed by atoms with Crippen molar-refractivity contribution in [1.29, 1.82) is 0 Å². The van der Waals surface area contributed by atoms with E-state index in [2.05, 4.69) is 0 Å². The molecule has 0 heterocycles. The van der Waals surface area contributed by atoms with Gasteiger partial charge in [-0.1, -0.05) is 6.92 Å². The summed E-state index contributed by atoms with van der Waals surface area (Å²) in [4.78, 5) is 20.3. The van der Waals surface area contributed by atoms with Gasteiger partial charge >= 0.3 is 5.97 Å². The smallest absolute Gasteiger partial charge is 0.310 e. The number of aliphatic carboxylic acids is 1. The second-order valence-corrected chi connectivity index (χ2v) is 1.86. The molecule has 10 heavy (non-hydrogen) atoms. The number of hydrogen-bond acceptors (Lipinski definition) is 2. The second kappa shape index (κ2) is 6.92. The molecule has 0 aromatic carbocycles. The summed E-state index contributed by atoms with van der Waals surface area (Å²) in [7, 11) is 0. The van der Waals surface area contributed by atoms with Crippen LogP contribution in [0.5, 0.6) is 0 Å². The van der Waals surface area contributed by atoms with Gasteiger partial charge in [-0.15, -0.1) is 0 Å². The third kappa shape index (κ3) is 7.80. The molecule has 0 saturated carbocycles. The van der Waals surface area contributed by atoms with Gasteiger partial charge < -0.3 is 5.11 Å². The maximum Gasteiger partial charge on any atom is 0.310 e. The Balaban J connectivity index is 0. The van der Waals surface area contributed by atoms with Crippen LogP contribution in [0.4, 0.5) is 0 Å². The Labute approximate surface area is 73.5 Å². The van der Waals surface area contributed by atoms with Gasteiger partial charge in [0.1, 0.15) is 12.2 Å². The van der Waals surface area contributed by atoms with Gasteiger partial charge in [-0.25, -0.2) is 0 Å². The molecule has 0 aliphatic heterocycles. The Morgan fingerprint density at radius 2 is 1.90 bits per heavy atom. The fourth-order valence-electron chi connectivity index (χ4n) is 0.536. The summed E-state index contributed by atoms with van der Waals surface area (Å²) < 4.78 is 0. The molecule has 3 nitrogen and oxygen atoms in total. The number of hydrogen-bond donors (Lipinski definition) is 1. The fraction of sp³-hybridized carbons (Fsp3) is 0.667. The van der Waals surface area contributed by atoms with Gasteiger partial charge in [0.2, 0.25) is 0 Å². The van der Waals surface area contributed by atoms with Crippen LogP contribution in [0.25, 0.3) is 0 Å². The summed E-state index contributed by atoms with van der Waals surface area (Å²) in [6.45, 7) is 1.85. The minimum absolute atomic E-state index is 0. The van der Waals surface area contributed by atoms with E-state index in [-0.39, 0.29) is 32.6 Å². The van der Waals surface area contributed by atoms with E-state index in [1.165, 1.54) is 0 Å². The molecule has 1 N–H and O–H groups in total. The number of carboxylic acids is 1. The molecule has 0 amide bonds. The molecule has 0 rings (SSSR count). The largest absolute Gasteiger partial charge is 0.481 e. The molecule has 0 aromatic rings. The quantitative estimate of drug-likeness (QED) is 0.581. The van der Waals surface area contributed by atoms with Crippen molar-refractivity contribution in [2.75, 3.05) is 0 Å². The summed E-state index contributed by atoms with van der Waals surface area (Å²) >= 11 is 0. The van der Waals surface area contributed by atoms with Gasteiger partial charge in [-0.05, 0) is 6.42 Å². The summed E-state index contributed by atoms with van der Waals surface area (Å²) in [5, 5.41) is 8.09. The monoisotopic (exact) mass is 236 g/mol. The zero-order chi connectivity index (χ0) is 7.28. The van der Waals surface area contributed by atoms with Crippen molar-refractivity contribution in [3.8, 4) is 0 Å². The molecule has 0 aliphatic rings. The molecule has 0 unspecified atom stereocenters. The molecule has 0 spiro atoms. The maximum atomic E-state index is 10.5. The summed E-state index contributed by atoms with van der Waals surface area (Å²) in [5.74, 6) is -1.22. The van der Waals surface area contributed by atoms with E-state index in [0.29, 0.717) is 6.42 Å². The first kappa shape index (κ1) is 12.5. The van der Waals surface area contributed by atoms with Crippen LogP contribution in [0.1, 0.15) is 26.2 Å².